The summed E-state index contributed by atoms with van der Waals surface area (Å²) in [6.07, 6.45) is 10.9. The maximum Gasteiger partial charge on any atom is 0.310 e. The molecule has 2 aliphatic rings. The molecule has 0 saturated heterocycles. The Kier molecular flexibility index (Phi) is 5.93. The van der Waals surface area contributed by atoms with Crippen molar-refractivity contribution in [1.82, 2.24) is 0 Å². The van der Waals surface area contributed by atoms with Crippen molar-refractivity contribution in [3.8, 4) is 0 Å². The smallest absolute Gasteiger partial charge is 0.310 e. The van der Waals surface area contributed by atoms with Crippen LogP contribution in [0.1, 0.15) is 62.8 Å². The van der Waals surface area contributed by atoms with Gasteiger partial charge in [-0.3, -0.25) is 4.79 Å². The molecular weight excluding hydrogens is 315 g/mol. The van der Waals surface area contributed by atoms with Gasteiger partial charge in [-0.15, -0.1) is 6.58 Å². The van der Waals surface area contributed by atoms with Gasteiger partial charge in [-0.05, 0) is 92.7 Å². The van der Waals surface area contributed by atoms with Crippen LogP contribution in [-0.4, -0.2) is 11.1 Å². The van der Waals surface area contributed by atoms with Crippen LogP contribution >= 0.6 is 0 Å². The number of carboxylic acid groups (broad SMARTS) is 1. The molecular formula is C22H29FO2. The molecule has 0 bridgehead atoms. The molecule has 1 aromatic carbocycles. The van der Waals surface area contributed by atoms with Crippen molar-refractivity contribution in [3.05, 3.63) is 48.3 Å². The molecule has 0 spiro atoms. The molecule has 2 saturated carbocycles. The minimum atomic E-state index is -0.724. The molecule has 1 aromatic rings. The minimum absolute atomic E-state index is 0.159. The predicted octanol–water partition coefficient (Wildman–Crippen LogP) is 5.79. The van der Waals surface area contributed by atoms with Crippen molar-refractivity contribution in [2.75, 3.05) is 0 Å². The standard InChI is InChI=1S/C22H29FO2/c1-2-21(22(24)25)19-9-7-17(8-10-19)15-3-5-16(6-4-15)18-11-13-20(23)14-12-18/h2,11-17,19,21H,1,3-10H2,(H,24,25). The normalized spacial score (nSPS) is 31.2. The number of benzene rings is 1. The Bertz CT molecular complexity index is 579. The van der Waals surface area contributed by atoms with Crippen molar-refractivity contribution in [3.63, 3.8) is 0 Å². The Hall–Kier alpha value is -1.64. The SMILES string of the molecule is C=CC(C(=O)O)C1CCC(C2CCC(c3ccc(F)cc3)CC2)CC1. The number of halogens is 1. The van der Waals surface area contributed by atoms with Crippen LogP contribution in [0.2, 0.25) is 0 Å². The number of carbonyl (C=O) groups is 1. The topological polar surface area (TPSA) is 37.3 Å². The minimum Gasteiger partial charge on any atom is -0.481 e. The zero-order valence-corrected chi connectivity index (χ0v) is 14.9. The first kappa shape index (κ1) is 18.2. The Labute approximate surface area is 150 Å². The summed E-state index contributed by atoms with van der Waals surface area (Å²) in [5.41, 5.74) is 1.28. The summed E-state index contributed by atoms with van der Waals surface area (Å²) in [4.78, 5) is 11.3. The molecule has 0 aliphatic heterocycles. The van der Waals surface area contributed by atoms with E-state index in [1.807, 2.05) is 12.1 Å². The first-order chi connectivity index (χ1) is 12.1. The van der Waals surface area contributed by atoms with Crippen molar-refractivity contribution >= 4 is 5.97 Å². The van der Waals surface area contributed by atoms with Gasteiger partial charge in [-0.2, -0.15) is 0 Å². The number of hydrogen-bond donors (Lipinski definition) is 1. The second-order valence-corrected chi connectivity index (χ2v) is 7.94. The van der Waals surface area contributed by atoms with Gasteiger partial charge in [0.2, 0.25) is 0 Å². The van der Waals surface area contributed by atoms with E-state index >= 15 is 0 Å². The molecule has 0 heterocycles. The molecule has 136 valence electrons. The largest absolute Gasteiger partial charge is 0.481 e. The first-order valence-electron chi connectivity index (χ1n) is 9.69. The fraction of sp³-hybridized carbons (Fsp3) is 0.591. The number of hydrogen-bond acceptors (Lipinski definition) is 1. The Balaban J connectivity index is 1.48. The highest BCUT2D eigenvalue weighted by molar-refractivity contribution is 5.72. The van der Waals surface area contributed by atoms with E-state index in [-0.39, 0.29) is 17.7 Å². The Morgan fingerprint density at radius 2 is 1.52 bits per heavy atom. The van der Waals surface area contributed by atoms with Crippen LogP contribution in [0, 0.1) is 29.5 Å². The van der Waals surface area contributed by atoms with Gasteiger partial charge in [0.25, 0.3) is 0 Å². The van der Waals surface area contributed by atoms with Crippen LogP contribution in [0.4, 0.5) is 4.39 Å². The summed E-state index contributed by atoms with van der Waals surface area (Å²) in [5.74, 6) is 1.11. The lowest BCUT2D eigenvalue weighted by molar-refractivity contribution is -0.142. The zero-order valence-electron chi connectivity index (χ0n) is 14.9. The van der Waals surface area contributed by atoms with E-state index in [9.17, 15) is 14.3 Å². The van der Waals surface area contributed by atoms with E-state index in [4.69, 9.17) is 0 Å². The highest BCUT2D eigenvalue weighted by Gasteiger charge is 2.34. The maximum atomic E-state index is 13.1. The molecule has 0 aromatic heterocycles. The van der Waals surface area contributed by atoms with E-state index in [2.05, 4.69) is 6.58 Å². The lowest BCUT2D eigenvalue weighted by Gasteiger charge is -2.38. The number of rotatable bonds is 5. The molecule has 0 amide bonds. The third-order valence-corrected chi connectivity index (χ3v) is 6.64. The molecule has 1 unspecified atom stereocenters. The molecule has 25 heavy (non-hydrogen) atoms. The van der Waals surface area contributed by atoms with Crippen molar-refractivity contribution in [2.24, 2.45) is 23.7 Å². The lowest BCUT2D eigenvalue weighted by Crippen LogP contribution is -2.30. The fourth-order valence-electron chi connectivity index (χ4n) is 5.13. The summed E-state index contributed by atoms with van der Waals surface area (Å²) < 4.78 is 13.1. The van der Waals surface area contributed by atoms with E-state index < -0.39 is 5.97 Å². The molecule has 3 heteroatoms. The molecule has 2 nitrogen and oxygen atoms in total. The number of carboxylic acids is 1. The average Bonchev–Trinajstić information content (AvgIpc) is 2.63. The molecule has 2 fully saturated rings. The van der Waals surface area contributed by atoms with Gasteiger partial charge in [0.05, 0.1) is 5.92 Å². The molecule has 3 rings (SSSR count). The lowest BCUT2D eigenvalue weighted by atomic mass is 9.67. The number of aliphatic carboxylic acids is 1. The quantitative estimate of drug-likeness (QED) is 0.686. The molecule has 0 radical (unpaired) electrons. The third kappa shape index (κ3) is 4.31. The van der Waals surface area contributed by atoms with Crippen LogP contribution in [0.5, 0.6) is 0 Å². The van der Waals surface area contributed by atoms with E-state index in [0.29, 0.717) is 5.92 Å². The van der Waals surface area contributed by atoms with Gasteiger partial charge < -0.3 is 5.11 Å². The summed E-state index contributed by atoms with van der Waals surface area (Å²) in [7, 11) is 0. The molecule has 2 aliphatic carbocycles. The first-order valence-corrected chi connectivity index (χ1v) is 9.69. The fourth-order valence-corrected chi connectivity index (χ4v) is 5.13. The van der Waals surface area contributed by atoms with Gasteiger partial charge >= 0.3 is 5.97 Å². The van der Waals surface area contributed by atoms with Crippen LogP contribution in [-0.2, 0) is 4.79 Å². The summed E-state index contributed by atoms with van der Waals surface area (Å²) in [6.45, 7) is 3.70. The van der Waals surface area contributed by atoms with Gasteiger partial charge in [0.1, 0.15) is 5.82 Å². The molecule has 1 atom stereocenters. The summed E-state index contributed by atoms with van der Waals surface area (Å²) in [5, 5.41) is 9.30. The molecule has 1 N–H and O–H groups in total. The van der Waals surface area contributed by atoms with Crippen molar-refractivity contribution < 1.29 is 14.3 Å². The van der Waals surface area contributed by atoms with Crippen LogP contribution in [0.15, 0.2) is 36.9 Å². The highest BCUT2D eigenvalue weighted by Crippen LogP contribution is 2.45. The van der Waals surface area contributed by atoms with E-state index in [1.54, 1.807) is 18.2 Å². The summed E-state index contributed by atoms with van der Waals surface area (Å²) >= 11 is 0. The van der Waals surface area contributed by atoms with Crippen molar-refractivity contribution in [1.29, 1.82) is 0 Å². The van der Waals surface area contributed by atoms with Gasteiger partial charge in [-0.1, -0.05) is 18.2 Å². The van der Waals surface area contributed by atoms with E-state index in [1.165, 1.54) is 31.2 Å². The van der Waals surface area contributed by atoms with Crippen LogP contribution < -0.4 is 0 Å². The van der Waals surface area contributed by atoms with E-state index in [0.717, 1.165) is 37.5 Å². The monoisotopic (exact) mass is 344 g/mol. The van der Waals surface area contributed by atoms with Gasteiger partial charge in [0, 0.05) is 0 Å². The van der Waals surface area contributed by atoms with Crippen LogP contribution in [0.25, 0.3) is 0 Å². The third-order valence-electron chi connectivity index (χ3n) is 6.64. The van der Waals surface area contributed by atoms with Gasteiger partial charge in [-0.25, -0.2) is 4.39 Å². The Morgan fingerprint density at radius 3 is 2.00 bits per heavy atom. The second-order valence-electron chi connectivity index (χ2n) is 7.94. The Morgan fingerprint density at radius 1 is 1.00 bits per heavy atom. The predicted molar refractivity (Wildman–Crippen MR) is 97.9 cm³/mol. The van der Waals surface area contributed by atoms with Gasteiger partial charge in [0.15, 0.2) is 0 Å². The van der Waals surface area contributed by atoms with Crippen LogP contribution in [0.3, 0.4) is 0 Å². The highest BCUT2D eigenvalue weighted by atomic mass is 19.1. The second kappa shape index (κ2) is 8.16. The van der Waals surface area contributed by atoms with Crippen molar-refractivity contribution in [2.45, 2.75) is 57.3 Å². The summed E-state index contributed by atoms with van der Waals surface area (Å²) in [6, 6.07) is 7.02. The zero-order chi connectivity index (χ0) is 17.8. The maximum absolute atomic E-state index is 13.1. The average molecular weight is 344 g/mol.